The molecule has 0 saturated carbocycles. The van der Waals surface area contributed by atoms with Crippen molar-refractivity contribution in [1.82, 2.24) is 14.9 Å². The van der Waals surface area contributed by atoms with Gasteiger partial charge in [0, 0.05) is 29.0 Å². The van der Waals surface area contributed by atoms with Gasteiger partial charge < -0.3 is 24.3 Å². The Morgan fingerprint density at radius 1 is 0.833 bits per heavy atom. The zero-order valence-corrected chi connectivity index (χ0v) is 25.1. The molecule has 0 spiro atoms. The Kier molecular flexibility index (Phi) is 7.68. The third kappa shape index (κ3) is 5.23. The number of rotatable bonds is 8. The van der Waals surface area contributed by atoms with Gasteiger partial charge in [-0.25, -0.2) is 0 Å². The standard InChI is InChI=1S/C35H34N4O2S/c1-5-25-9-11-26(12-10-25)38-23(2)22-31(24(38)3)34-33(32-8-6-7-21-36-32)37-35(42)39(34)27-13-15-29(16-14-27)41-30-19-17-28(40-4)18-20-30/h6-22,33-34H,5H2,1-4H3,(H,37,42)/t33-,34+/m1/s1. The molecule has 0 amide bonds. The number of thiocarbonyl (C=S) groups is 1. The first-order valence-corrected chi connectivity index (χ1v) is 14.6. The molecule has 1 fully saturated rings. The monoisotopic (exact) mass is 574 g/mol. The summed E-state index contributed by atoms with van der Waals surface area (Å²) in [5, 5.41) is 4.25. The van der Waals surface area contributed by atoms with Gasteiger partial charge in [0.05, 0.1) is 24.9 Å². The highest BCUT2D eigenvalue weighted by atomic mass is 32.1. The third-order valence-electron chi connectivity index (χ3n) is 7.90. The van der Waals surface area contributed by atoms with E-state index in [1.165, 1.54) is 22.5 Å². The first kappa shape index (κ1) is 27.5. The van der Waals surface area contributed by atoms with Crippen LogP contribution in [0, 0.1) is 13.8 Å². The van der Waals surface area contributed by atoms with Crippen molar-refractivity contribution in [2.24, 2.45) is 0 Å². The number of aryl methyl sites for hydroxylation is 2. The molecule has 1 N–H and O–H groups in total. The van der Waals surface area contributed by atoms with Gasteiger partial charge in [-0.3, -0.25) is 4.98 Å². The highest BCUT2D eigenvalue weighted by Crippen LogP contribution is 2.44. The number of methoxy groups -OCH3 is 1. The second-order valence-electron chi connectivity index (χ2n) is 10.4. The van der Waals surface area contributed by atoms with Crippen LogP contribution >= 0.6 is 12.2 Å². The van der Waals surface area contributed by atoms with Crippen molar-refractivity contribution < 1.29 is 9.47 Å². The Morgan fingerprint density at radius 2 is 1.48 bits per heavy atom. The lowest BCUT2D eigenvalue weighted by Crippen LogP contribution is -2.29. The van der Waals surface area contributed by atoms with E-state index in [-0.39, 0.29) is 12.1 Å². The Balaban J connectivity index is 1.37. The lowest BCUT2D eigenvalue weighted by Gasteiger charge is -2.28. The van der Waals surface area contributed by atoms with Crippen molar-refractivity contribution in [3.63, 3.8) is 0 Å². The van der Waals surface area contributed by atoms with Crippen LogP contribution in [0.5, 0.6) is 17.2 Å². The van der Waals surface area contributed by atoms with Crippen molar-refractivity contribution in [3.8, 4) is 22.9 Å². The number of nitrogens with zero attached hydrogens (tertiary/aromatic N) is 3. The van der Waals surface area contributed by atoms with Crippen molar-refractivity contribution in [3.05, 3.63) is 131 Å². The summed E-state index contributed by atoms with van der Waals surface area (Å²) in [6.45, 7) is 6.53. The molecule has 2 aromatic heterocycles. The normalized spacial score (nSPS) is 16.4. The van der Waals surface area contributed by atoms with E-state index in [1.54, 1.807) is 7.11 Å². The topological polar surface area (TPSA) is 51.6 Å². The molecule has 3 heterocycles. The highest BCUT2D eigenvalue weighted by Gasteiger charge is 2.42. The van der Waals surface area contributed by atoms with E-state index in [0.29, 0.717) is 5.11 Å². The van der Waals surface area contributed by atoms with Crippen molar-refractivity contribution in [1.29, 1.82) is 0 Å². The van der Waals surface area contributed by atoms with Crippen molar-refractivity contribution >= 4 is 23.0 Å². The van der Waals surface area contributed by atoms with Crippen LogP contribution in [0.2, 0.25) is 0 Å². The minimum atomic E-state index is -0.120. The minimum absolute atomic E-state index is 0.101. The first-order valence-electron chi connectivity index (χ1n) is 14.2. The number of aromatic nitrogens is 2. The molecule has 1 aliphatic heterocycles. The van der Waals surface area contributed by atoms with Gasteiger partial charge in [-0.05, 0) is 122 Å². The van der Waals surface area contributed by atoms with Crippen LogP contribution < -0.4 is 19.7 Å². The fourth-order valence-electron chi connectivity index (χ4n) is 5.77. The van der Waals surface area contributed by atoms with Gasteiger partial charge in [0.15, 0.2) is 5.11 Å². The van der Waals surface area contributed by atoms with E-state index < -0.39 is 0 Å². The summed E-state index contributed by atoms with van der Waals surface area (Å²) >= 11 is 5.98. The quantitative estimate of drug-likeness (QED) is 0.189. The van der Waals surface area contributed by atoms with Gasteiger partial charge in [0.25, 0.3) is 0 Å². The summed E-state index contributed by atoms with van der Waals surface area (Å²) < 4.78 is 13.7. The van der Waals surface area contributed by atoms with E-state index in [0.717, 1.165) is 40.7 Å². The second-order valence-corrected chi connectivity index (χ2v) is 10.8. The number of hydrogen-bond donors (Lipinski definition) is 1. The fourth-order valence-corrected chi connectivity index (χ4v) is 6.11. The predicted molar refractivity (Wildman–Crippen MR) is 172 cm³/mol. The number of benzene rings is 3. The van der Waals surface area contributed by atoms with Gasteiger partial charge in [-0.1, -0.05) is 25.1 Å². The SMILES string of the molecule is CCc1ccc(-n2c(C)cc([C@H]3[C@@H](c4ccccn4)NC(=S)N3c3ccc(Oc4ccc(OC)cc4)cc3)c2C)cc1. The molecule has 0 aliphatic carbocycles. The van der Waals surface area contributed by atoms with Crippen molar-refractivity contribution in [2.45, 2.75) is 39.3 Å². The molecule has 1 aliphatic rings. The lowest BCUT2D eigenvalue weighted by atomic mass is 9.96. The Labute approximate surface area is 252 Å². The second kappa shape index (κ2) is 11.7. The number of pyridine rings is 1. The van der Waals surface area contributed by atoms with E-state index in [2.05, 4.69) is 84.1 Å². The molecule has 2 atom stereocenters. The number of hydrogen-bond acceptors (Lipinski definition) is 4. The number of ether oxygens (including phenoxy) is 2. The summed E-state index contributed by atoms with van der Waals surface area (Å²) in [6.07, 6.45) is 2.86. The Hall–Kier alpha value is -4.62. The van der Waals surface area contributed by atoms with E-state index in [4.69, 9.17) is 26.7 Å². The van der Waals surface area contributed by atoms with E-state index >= 15 is 0 Å². The van der Waals surface area contributed by atoms with Gasteiger partial charge in [0.1, 0.15) is 17.2 Å². The third-order valence-corrected chi connectivity index (χ3v) is 8.21. The molecule has 6 rings (SSSR count). The minimum Gasteiger partial charge on any atom is -0.497 e. The lowest BCUT2D eigenvalue weighted by molar-refractivity contribution is 0.413. The Morgan fingerprint density at radius 3 is 2.10 bits per heavy atom. The van der Waals surface area contributed by atoms with Gasteiger partial charge >= 0.3 is 0 Å². The first-order chi connectivity index (χ1) is 20.5. The van der Waals surface area contributed by atoms with Crippen LogP contribution in [-0.2, 0) is 6.42 Å². The summed E-state index contributed by atoms with van der Waals surface area (Å²) in [6, 6.07) is 32.5. The largest absolute Gasteiger partial charge is 0.497 e. The van der Waals surface area contributed by atoms with E-state index in [1.807, 2.05) is 54.7 Å². The highest BCUT2D eigenvalue weighted by molar-refractivity contribution is 7.80. The fraction of sp³-hybridized carbons (Fsp3) is 0.200. The summed E-state index contributed by atoms with van der Waals surface area (Å²) in [4.78, 5) is 6.93. The zero-order valence-electron chi connectivity index (χ0n) is 24.2. The van der Waals surface area contributed by atoms with Crippen LogP contribution in [0.4, 0.5) is 5.69 Å². The average molecular weight is 575 g/mol. The zero-order chi connectivity index (χ0) is 29.2. The summed E-state index contributed by atoms with van der Waals surface area (Å²) in [7, 11) is 1.65. The molecular weight excluding hydrogens is 540 g/mol. The molecule has 7 heteroatoms. The van der Waals surface area contributed by atoms with Gasteiger partial charge in [-0.15, -0.1) is 0 Å². The molecule has 0 radical (unpaired) electrons. The van der Waals surface area contributed by atoms with E-state index in [9.17, 15) is 0 Å². The number of anilines is 1. The van der Waals surface area contributed by atoms with Crippen LogP contribution in [0.25, 0.3) is 5.69 Å². The van der Waals surface area contributed by atoms with Crippen LogP contribution in [0.1, 0.15) is 47.2 Å². The number of nitrogens with one attached hydrogen (secondary N) is 1. The van der Waals surface area contributed by atoms with Crippen LogP contribution in [0.15, 0.2) is 103 Å². The van der Waals surface area contributed by atoms with Crippen molar-refractivity contribution in [2.75, 3.05) is 12.0 Å². The smallest absolute Gasteiger partial charge is 0.174 e. The predicted octanol–water partition coefficient (Wildman–Crippen LogP) is 8.03. The van der Waals surface area contributed by atoms with Crippen LogP contribution in [0.3, 0.4) is 0 Å². The molecule has 42 heavy (non-hydrogen) atoms. The maximum absolute atomic E-state index is 6.09. The van der Waals surface area contributed by atoms with Crippen LogP contribution in [-0.4, -0.2) is 21.8 Å². The molecule has 5 aromatic rings. The maximum atomic E-state index is 6.09. The molecule has 0 unspecified atom stereocenters. The van der Waals surface area contributed by atoms with Gasteiger partial charge in [-0.2, -0.15) is 0 Å². The molecule has 1 saturated heterocycles. The molecular formula is C35H34N4O2S. The molecule has 0 bridgehead atoms. The molecule has 3 aromatic carbocycles. The van der Waals surface area contributed by atoms with Gasteiger partial charge in [0.2, 0.25) is 0 Å². The summed E-state index contributed by atoms with van der Waals surface area (Å²) in [5.41, 5.74) is 7.97. The average Bonchev–Trinajstić information content (AvgIpc) is 3.52. The summed E-state index contributed by atoms with van der Waals surface area (Å²) in [5.74, 6) is 2.28. The maximum Gasteiger partial charge on any atom is 0.174 e. The molecule has 6 nitrogen and oxygen atoms in total. The molecule has 212 valence electrons. The Bertz CT molecular complexity index is 1680.